The summed E-state index contributed by atoms with van der Waals surface area (Å²) < 4.78 is 11.8. The summed E-state index contributed by atoms with van der Waals surface area (Å²) in [7, 11) is 1.53. The van der Waals surface area contributed by atoms with E-state index in [-0.39, 0.29) is 27.2 Å². The molecule has 192 valence electrons. The minimum absolute atomic E-state index is 0. The number of halogens is 2. The van der Waals surface area contributed by atoms with Crippen LogP contribution in [0.25, 0.3) is 11.6 Å². The van der Waals surface area contributed by atoms with Crippen molar-refractivity contribution >= 4 is 34.6 Å². The smallest absolute Gasteiger partial charge is 0.175 e. The van der Waals surface area contributed by atoms with Crippen LogP contribution in [0.5, 0.6) is 23.0 Å². The van der Waals surface area contributed by atoms with Crippen molar-refractivity contribution in [3.8, 4) is 23.0 Å². The molecule has 0 aromatic heterocycles. The first-order chi connectivity index (χ1) is 16.1. The Balaban J connectivity index is 0. The maximum atomic E-state index is 6.53. The predicted molar refractivity (Wildman–Crippen MR) is 144 cm³/mol. The molecule has 3 aromatic rings. The fourth-order valence-corrected chi connectivity index (χ4v) is 3.25. The third kappa shape index (κ3) is 8.00. The van der Waals surface area contributed by atoms with Crippen LogP contribution in [-0.4, -0.2) is 7.05 Å². The maximum absolute atomic E-state index is 6.53. The Morgan fingerprint density at radius 2 is 0.971 bits per heavy atom. The molecule has 35 heavy (non-hydrogen) atoms. The number of hydrogen-bond donors (Lipinski definition) is 1. The zero-order chi connectivity index (χ0) is 25.0. The summed E-state index contributed by atoms with van der Waals surface area (Å²) in [6.07, 6.45) is 0. The largest absolute Gasteiger partial charge is 0.693 e. The van der Waals surface area contributed by atoms with Gasteiger partial charge in [-0.15, -0.1) is 0 Å². The second-order valence-electron chi connectivity index (χ2n) is 5.60. The van der Waals surface area contributed by atoms with Crippen LogP contribution in [0.3, 0.4) is 0 Å². The molecule has 0 aliphatic carbocycles. The number of hydrogen-bond acceptors (Lipinski definition) is 5. The van der Waals surface area contributed by atoms with E-state index in [1.54, 1.807) is 0 Å². The molecule has 0 saturated heterocycles. The number of para-hydroxylation sites is 4. The van der Waals surface area contributed by atoms with Gasteiger partial charge >= 0.3 is 0 Å². The molecular formula is C25H33Cl2N5O2W-2. The van der Waals surface area contributed by atoms with Gasteiger partial charge in [0.1, 0.15) is 32.1 Å². The van der Waals surface area contributed by atoms with Crippen LogP contribution < -0.4 is 26.0 Å². The van der Waals surface area contributed by atoms with Gasteiger partial charge in [-0.05, 0) is 24.3 Å². The molecule has 0 unspecified atom stereocenters. The van der Waals surface area contributed by atoms with E-state index in [2.05, 4.69) is 21.3 Å². The summed E-state index contributed by atoms with van der Waals surface area (Å²) in [5.74, 6) is 6.51. The SMILES string of the molecule is CC.CC.CC.C[N-]N.Clc1c2c(c(Cl)c3c1=Nc1ccccc1O3)=Nc1ccccc1O2.[NH2-].[W]. The molecule has 4 N–H and O–H groups in total. The third-order valence-electron chi connectivity index (χ3n) is 3.86. The molecule has 0 amide bonds. The number of fused-ring (bicyclic) bond motifs is 4. The molecule has 2 heterocycles. The molecule has 3 aromatic carbocycles. The van der Waals surface area contributed by atoms with E-state index in [0.29, 0.717) is 55.1 Å². The minimum atomic E-state index is 0. The Morgan fingerprint density at radius 3 is 1.29 bits per heavy atom. The second kappa shape index (κ2) is 18.3. The standard InChI is InChI=1S/C18H8Cl2N2O2.3C2H6.CH5N2.H2N.W/c19-13-15-17(23-11-7-3-1-5-9(11)21-15)14(20)16-18(13)24-12-8-4-2-6-10(12)22-16;3*1-2;1-3-2;;/h1-8H;3*1-2H3;2H2,1H3;1H2;/q;;;;2*-1;. The summed E-state index contributed by atoms with van der Waals surface area (Å²) in [5.41, 5.74) is 4.38. The Labute approximate surface area is 232 Å². The van der Waals surface area contributed by atoms with Gasteiger partial charge in [-0.1, -0.05) is 89.0 Å². The van der Waals surface area contributed by atoms with Crippen LogP contribution >= 0.6 is 23.2 Å². The average molecular weight is 690 g/mol. The van der Waals surface area contributed by atoms with Crippen molar-refractivity contribution in [3.05, 3.63) is 80.9 Å². The molecule has 0 spiro atoms. The van der Waals surface area contributed by atoms with Crippen LogP contribution in [0.15, 0.2) is 58.5 Å². The quantitative estimate of drug-likeness (QED) is 0.129. The van der Waals surface area contributed by atoms with Crippen LogP contribution in [0, 0.1) is 0 Å². The molecule has 0 bridgehead atoms. The van der Waals surface area contributed by atoms with Crippen LogP contribution in [0.1, 0.15) is 41.5 Å². The Bertz CT molecular complexity index is 1090. The third-order valence-corrected chi connectivity index (χ3v) is 4.57. The minimum Gasteiger partial charge on any atom is -0.693 e. The molecule has 5 rings (SSSR count). The number of benzene rings is 3. The molecule has 0 atom stereocenters. The van der Waals surface area contributed by atoms with Crippen molar-refractivity contribution in [3.63, 3.8) is 0 Å². The van der Waals surface area contributed by atoms with Crippen molar-refractivity contribution in [2.75, 3.05) is 7.05 Å². The fourth-order valence-electron chi connectivity index (χ4n) is 2.74. The molecule has 0 radical (unpaired) electrons. The van der Waals surface area contributed by atoms with E-state index in [1.165, 1.54) is 7.05 Å². The molecule has 7 nitrogen and oxygen atoms in total. The van der Waals surface area contributed by atoms with E-state index < -0.39 is 0 Å². The van der Waals surface area contributed by atoms with Crippen LogP contribution in [0.2, 0.25) is 10.0 Å². The fraction of sp³-hybridized carbons (Fsp3) is 0.280. The maximum Gasteiger partial charge on any atom is 0.175 e. The summed E-state index contributed by atoms with van der Waals surface area (Å²) in [4.78, 5) is 9.14. The number of rotatable bonds is 0. The van der Waals surface area contributed by atoms with Gasteiger partial charge in [-0.2, -0.15) is 7.05 Å². The molecule has 2 aliphatic heterocycles. The summed E-state index contributed by atoms with van der Waals surface area (Å²) in [6, 6.07) is 14.9. The second-order valence-corrected chi connectivity index (χ2v) is 6.36. The zero-order valence-electron chi connectivity index (χ0n) is 21.1. The van der Waals surface area contributed by atoms with Gasteiger partial charge < -0.3 is 26.9 Å². The average Bonchev–Trinajstić information content (AvgIpc) is 2.89. The zero-order valence-corrected chi connectivity index (χ0v) is 25.5. The van der Waals surface area contributed by atoms with E-state index in [1.807, 2.05) is 90.1 Å². The van der Waals surface area contributed by atoms with Crippen LogP contribution in [-0.2, 0) is 21.1 Å². The number of ether oxygens (including phenoxy) is 2. The molecule has 0 saturated carbocycles. The van der Waals surface area contributed by atoms with Gasteiger partial charge in [0.2, 0.25) is 0 Å². The first kappa shape index (κ1) is 35.2. The Morgan fingerprint density at radius 1 is 0.686 bits per heavy atom. The Kier molecular flexibility index (Phi) is 18.4. The first-order valence-corrected chi connectivity index (χ1v) is 11.7. The van der Waals surface area contributed by atoms with E-state index in [0.717, 1.165) is 0 Å². The van der Waals surface area contributed by atoms with Gasteiger partial charge in [0.25, 0.3) is 0 Å². The van der Waals surface area contributed by atoms with Gasteiger partial charge in [0.05, 0.1) is 0 Å². The molecule has 10 heteroatoms. The predicted octanol–water partition coefficient (Wildman–Crippen LogP) is 8.76. The monoisotopic (exact) mass is 689 g/mol. The summed E-state index contributed by atoms with van der Waals surface area (Å²) >= 11 is 13.1. The van der Waals surface area contributed by atoms with Crippen molar-refractivity contribution in [1.82, 2.24) is 0 Å². The summed E-state index contributed by atoms with van der Waals surface area (Å²) in [5, 5.41) is 1.57. The molecule has 0 fully saturated rings. The van der Waals surface area contributed by atoms with Gasteiger partial charge in [0.15, 0.2) is 23.0 Å². The van der Waals surface area contributed by atoms with Crippen molar-refractivity contribution in [2.45, 2.75) is 41.5 Å². The van der Waals surface area contributed by atoms with Gasteiger partial charge in [-0.25, -0.2) is 9.98 Å². The van der Waals surface area contributed by atoms with Gasteiger partial charge in [-0.3, -0.25) is 0 Å². The molecular weight excluding hydrogens is 657 g/mol. The number of nitrogens with two attached hydrogens (primary N) is 2. The van der Waals surface area contributed by atoms with Crippen molar-refractivity contribution < 1.29 is 30.5 Å². The topological polar surface area (TPSA) is 117 Å². The van der Waals surface area contributed by atoms with Crippen molar-refractivity contribution in [2.24, 2.45) is 15.8 Å². The van der Waals surface area contributed by atoms with Crippen molar-refractivity contribution in [1.29, 1.82) is 0 Å². The van der Waals surface area contributed by atoms with E-state index in [9.17, 15) is 0 Å². The Hall–Kier alpha value is -1.99. The van der Waals surface area contributed by atoms with E-state index >= 15 is 0 Å². The van der Waals surface area contributed by atoms with E-state index in [4.69, 9.17) is 32.7 Å². The molecule has 2 aliphatic rings. The normalized spacial score (nSPS) is 10.0. The first-order valence-electron chi connectivity index (χ1n) is 10.9. The summed E-state index contributed by atoms with van der Waals surface area (Å²) in [6.45, 7) is 12.0. The van der Waals surface area contributed by atoms with Gasteiger partial charge in [0, 0.05) is 21.1 Å². The number of nitrogens with zero attached hydrogens (tertiary/aromatic N) is 3. The van der Waals surface area contributed by atoms with Crippen LogP contribution in [0.4, 0.5) is 11.4 Å².